The molecule has 0 heterocycles. The lowest BCUT2D eigenvalue weighted by Gasteiger charge is -2.23. The van der Waals surface area contributed by atoms with E-state index in [-0.39, 0.29) is 5.91 Å². The fraction of sp³-hybridized carbons (Fsp3) is 0.462. The summed E-state index contributed by atoms with van der Waals surface area (Å²) in [6.45, 7) is 3.79. The molecule has 1 aromatic rings. The highest BCUT2D eigenvalue weighted by Gasteiger charge is 2.19. The van der Waals surface area contributed by atoms with Crippen LogP contribution in [0.5, 0.6) is 0 Å². The number of carbonyl (C=O) groups is 1. The standard InChI is InChI=1S/C13H19ClN2O/c1-13(2,9-14)15-12(17)10-6-5-7-11(8-10)16(3)4/h5-8H,9H2,1-4H3,(H,15,17). The zero-order valence-corrected chi connectivity index (χ0v) is 11.5. The molecule has 0 aromatic heterocycles. The molecule has 4 heteroatoms. The molecular weight excluding hydrogens is 236 g/mol. The Bertz CT molecular complexity index is 402. The molecule has 0 aliphatic heterocycles. The van der Waals surface area contributed by atoms with Crippen LogP contribution in [0.2, 0.25) is 0 Å². The topological polar surface area (TPSA) is 32.3 Å². The number of carbonyl (C=O) groups excluding carboxylic acids is 1. The SMILES string of the molecule is CN(C)c1cccc(C(=O)NC(C)(C)CCl)c1. The van der Waals surface area contributed by atoms with E-state index in [1.54, 1.807) is 6.07 Å². The van der Waals surface area contributed by atoms with Crippen molar-refractivity contribution in [2.75, 3.05) is 24.9 Å². The Morgan fingerprint density at radius 3 is 2.59 bits per heavy atom. The summed E-state index contributed by atoms with van der Waals surface area (Å²) in [7, 11) is 3.89. The Morgan fingerprint density at radius 2 is 2.06 bits per heavy atom. The number of alkyl halides is 1. The molecule has 0 aliphatic rings. The van der Waals surface area contributed by atoms with Crippen molar-refractivity contribution in [3.63, 3.8) is 0 Å². The van der Waals surface area contributed by atoms with E-state index < -0.39 is 5.54 Å². The van der Waals surface area contributed by atoms with Gasteiger partial charge in [-0.1, -0.05) is 6.07 Å². The molecule has 0 saturated carbocycles. The minimum atomic E-state index is -0.396. The molecule has 0 bridgehead atoms. The van der Waals surface area contributed by atoms with Crippen LogP contribution in [0.1, 0.15) is 24.2 Å². The fourth-order valence-electron chi connectivity index (χ4n) is 1.34. The molecule has 1 rings (SSSR count). The summed E-state index contributed by atoms with van der Waals surface area (Å²) in [5.41, 5.74) is 1.25. The van der Waals surface area contributed by atoms with Crippen LogP contribution in [0.25, 0.3) is 0 Å². The minimum Gasteiger partial charge on any atom is -0.378 e. The summed E-state index contributed by atoms with van der Waals surface area (Å²) in [5.74, 6) is 0.283. The Kier molecular flexibility index (Phi) is 4.40. The number of anilines is 1. The average molecular weight is 255 g/mol. The number of benzene rings is 1. The molecule has 0 radical (unpaired) electrons. The predicted octanol–water partition coefficient (Wildman–Crippen LogP) is 2.50. The second-order valence-electron chi connectivity index (χ2n) is 4.92. The largest absolute Gasteiger partial charge is 0.378 e. The minimum absolute atomic E-state index is 0.0978. The lowest BCUT2D eigenvalue weighted by atomic mass is 10.1. The van der Waals surface area contributed by atoms with E-state index in [0.717, 1.165) is 5.69 Å². The van der Waals surface area contributed by atoms with E-state index in [9.17, 15) is 4.79 Å². The number of hydrogen-bond donors (Lipinski definition) is 1. The van der Waals surface area contributed by atoms with E-state index >= 15 is 0 Å². The van der Waals surface area contributed by atoms with Gasteiger partial charge in [-0.15, -0.1) is 11.6 Å². The van der Waals surface area contributed by atoms with Crippen molar-refractivity contribution in [1.82, 2.24) is 5.32 Å². The second kappa shape index (κ2) is 5.41. The molecule has 0 aliphatic carbocycles. The Balaban J connectivity index is 2.86. The molecule has 0 fully saturated rings. The monoisotopic (exact) mass is 254 g/mol. The first-order chi connectivity index (χ1) is 7.85. The van der Waals surface area contributed by atoms with Gasteiger partial charge < -0.3 is 10.2 Å². The third kappa shape index (κ3) is 3.93. The highest BCUT2D eigenvalue weighted by Crippen LogP contribution is 2.14. The van der Waals surface area contributed by atoms with Crippen LogP contribution in [-0.4, -0.2) is 31.4 Å². The van der Waals surface area contributed by atoms with Gasteiger partial charge in [0, 0.05) is 36.8 Å². The van der Waals surface area contributed by atoms with Crippen molar-refractivity contribution < 1.29 is 4.79 Å². The van der Waals surface area contributed by atoms with Crippen LogP contribution < -0.4 is 10.2 Å². The van der Waals surface area contributed by atoms with E-state index in [0.29, 0.717) is 11.4 Å². The smallest absolute Gasteiger partial charge is 0.251 e. The van der Waals surface area contributed by atoms with Crippen molar-refractivity contribution >= 4 is 23.2 Å². The van der Waals surface area contributed by atoms with E-state index in [1.807, 2.05) is 51.0 Å². The van der Waals surface area contributed by atoms with Gasteiger partial charge in [-0.3, -0.25) is 4.79 Å². The van der Waals surface area contributed by atoms with Crippen LogP contribution in [-0.2, 0) is 0 Å². The van der Waals surface area contributed by atoms with Crippen LogP contribution in [0.15, 0.2) is 24.3 Å². The Hall–Kier alpha value is -1.22. The summed E-state index contributed by atoms with van der Waals surface area (Å²) in [6, 6.07) is 7.49. The van der Waals surface area contributed by atoms with Crippen LogP contribution in [0, 0.1) is 0 Å². The van der Waals surface area contributed by atoms with Crippen molar-refractivity contribution in [2.24, 2.45) is 0 Å². The molecule has 0 atom stereocenters. The first-order valence-corrected chi connectivity index (χ1v) is 6.05. The van der Waals surface area contributed by atoms with Gasteiger partial charge in [-0.05, 0) is 32.0 Å². The number of halogens is 1. The number of amides is 1. The molecule has 0 saturated heterocycles. The molecule has 1 N–H and O–H groups in total. The summed E-state index contributed by atoms with van der Waals surface area (Å²) in [6.07, 6.45) is 0. The highest BCUT2D eigenvalue weighted by atomic mass is 35.5. The van der Waals surface area contributed by atoms with Crippen molar-refractivity contribution in [3.05, 3.63) is 29.8 Å². The zero-order chi connectivity index (χ0) is 13.1. The quantitative estimate of drug-likeness (QED) is 0.838. The predicted molar refractivity (Wildman–Crippen MR) is 73.0 cm³/mol. The maximum absolute atomic E-state index is 12.0. The van der Waals surface area contributed by atoms with Crippen LogP contribution in [0.4, 0.5) is 5.69 Å². The first-order valence-electron chi connectivity index (χ1n) is 5.51. The van der Waals surface area contributed by atoms with E-state index in [1.165, 1.54) is 0 Å². The van der Waals surface area contributed by atoms with Crippen molar-refractivity contribution in [3.8, 4) is 0 Å². The van der Waals surface area contributed by atoms with Gasteiger partial charge in [-0.25, -0.2) is 0 Å². The van der Waals surface area contributed by atoms with Crippen LogP contribution >= 0.6 is 11.6 Å². The third-order valence-corrected chi connectivity index (χ3v) is 3.08. The third-order valence-electron chi connectivity index (χ3n) is 2.41. The van der Waals surface area contributed by atoms with E-state index in [2.05, 4.69) is 5.32 Å². The molecule has 0 spiro atoms. The summed E-state index contributed by atoms with van der Waals surface area (Å²) >= 11 is 5.78. The molecule has 3 nitrogen and oxygen atoms in total. The molecule has 1 aromatic carbocycles. The van der Waals surface area contributed by atoms with Gasteiger partial charge in [-0.2, -0.15) is 0 Å². The molecule has 94 valence electrons. The van der Waals surface area contributed by atoms with Crippen molar-refractivity contribution in [2.45, 2.75) is 19.4 Å². The Morgan fingerprint density at radius 1 is 1.41 bits per heavy atom. The van der Waals surface area contributed by atoms with Gasteiger partial charge in [0.25, 0.3) is 5.91 Å². The van der Waals surface area contributed by atoms with Crippen molar-refractivity contribution in [1.29, 1.82) is 0 Å². The molecule has 1 amide bonds. The Labute approximate surface area is 108 Å². The number of hydrogen-bond acceptors (Lipinski definition) is 2. The van der Waals surface area contributed by atoms with Gasteiger partial charge in [0.2, 0.25) is 0 Å². The maximum Gasteiger partial charge on any atom is 0.251 e. The number of nitrogens with zero attached hydrogens (tertiary/aromatic N) is 1. The van der Waals surface area contributed by atoms with E-state index in [4.69, 9.17) is 11.6 Å². The summed E-state index contributed by atoms with van der Waals surface area (Å²) in [4.78, 5) is 14.0. The summed E-state index contributed by atoms with van der Waals surface area (Å²) < 4.78 is 0. The highest BCUT2D eigenvalue weighted by molar-refractivity contribution is 6.18. The fourth-order valence-corrected chi connectivity index (χ4v) is 1.41. The second-order valence-corrected chi connectivity index (χ2v) is 5.18. The first kappa shape index (κ1) is 13.8. The maximum atomic E-state index is 12.0. The molecular formula is C13H19ClN2O. The lowest BCUT2D eigenvalue weighted by molar-refractivity contribution is 0.0920. The van der Waals surface area contributed by atoms with Gasteiger partial charge in [0.15, 0.2) is 0 Å². The number of rotatable bonds is 4. The zero-order valence-electron chi connectivity index (χ0n) is 10.7. The molecule has 17 heavy (non-hydrogen) atoms. The van der Waals surface area contributed by atoms with Crippen LogP contribution in [0.3, 0.4) is 0 Å². The van der Waals surface area contributed by atoms with Gasteiger partial charge in [0.1, 0.15) is 0 Å². The molecule has 0 unspecified atom stereocenters. The normalized spacial score (nSPS) is 11.1. The van der Waals surface area contributed by atoms with Gasteiger partial charge >= 0.3 is 0 Å². The average Bonchev–Trinajstić information content (AvgIpc) is 2.28. The number of nitrogens with one attached hydrogen (secondary N) is 1. The van der Waals surface area contributed by atoms with Gasteiger partial charge in [0.05, 0.1) is 0 Å². The summed E-state index contributed by atoms with van der Waals surface area (Å²) in [5, 5.41) is 2.90. The lowest BCUT2D eigenvalue weighted by Crippen LogP contribution is -2.44.